The smallest absolute Gasteiger partial charge is 0.161 e. The van der Waals surface area contributed by atoms with Crippen LogP contribution in [0.5, 0.6) is 11.5 Å². The fourth-order valence-corrected chi connectivity index (χ4v) is 1.99. The van der Waals surface area contributed by atoms with Crippen molar-refractivity contribution in [3.8, 4) is 11.5 Å². The minimum absolute atomic E-state index is 0.796. The molecule has 0 saturated carbocycles. The van der Waals surface area contributed by atoms with Crippen molar-refractivity contribution in [3.63, 3.8) is 0 Å². The van der Waals surface area contributed by atoms with Crippen molar-refractivity contribution in [3.05, 3.63) is 23.8 Å². The van der Waals surface area contributed by atoms with E-state index in [2.05, 4.69) is 24.4 Å². The van der Waals surface area contributed by atoms with Crippen LogP contribution in [0.2, 0.25) is 0 Å². The molecule has 0 atom stereocenters. The predicted molar refractivity (Wildman–Crippen MR) is 74.2 cm³/mol. The van der Waals surface area contributed by atoms with Gasteiger partial charge in [-0.25, -0.2) is 0 Å². The molecule has 0 aliphatic heterocycles. The molecule has 0 fully saturated rings. The minimum Gasteiger partial charge on any atom is -0.493 e. The number of hydrogen-bond acceptors (Lipinski definition) is 2. The van der Waals surface area contributed by atoms with Crippen LogP contribution in [-0.2, 0) is 6.54 Å². The van der Waals surface area contributed by atoms with E-state index in [9.17, 15) is 0 Å². The zero-order chi connectivity index (χ0) is 13.2. The molecule has 0 unspecified atom stereocenters. The Kier molecular flexibility index (Phi) is 7.26. The van der Waals surface area contributed by atoms with Crippen molar-refractivity contribution < 1.29 is 14.8 Å². The predicted octanol–water partition coefficient (Wildman–Crippen LogP) is 2.35. The van der Waals surface area contributed by atoms with Gasteiger partial charge in [-0.3, -0.25) is 0 Å². The van der Waals surface area contributed by atoms with E-state index in [-0.39, 0.29) is 0 Å². The summed E-state index contributed by atoms with van der Waals surface area (Å²) in [4.78, 5) is 0. The van der Waals surface area contributed by atoms with Crippen molar-refractivity contribution >= 4 is 0 Å². The van der Waals surface area contributed by atoms with E-state index < -0.39 is 0 Å². The average molecular weight is 252 g/mol. The van der Waals surface area contributed by atoms with Gasteiger partial charge in [0.15, 0.2) is 11.5 Å². The number of methoxy groups -OCH3 is 2. The summed E-state index contributed by atoms with van der Waals surface area (Å²) in [5.41, 5.74) is 1.28. The molecule has 18 heavy (non-hydrogen) atoms. The largest absolute Gasteiger partial charge is 0.493 e. The quantitative estimate of drug-likeness (QED) is 0.685. The van der Waals surface area contributed by atoms with Crippen molar-refractivity contribution in [2.24, 2.45) is 0 Å². The highest BCUT2D eigenvalue weighted by molar-refractivity contribution is 5.42. The second-order valence-corrected chi connectivity index (χ2v) is 4.53. The highest BCUT2D eigenvalue weighted by Crippen LogP contribution is 2.27. The van der Waals surface area contributed by atoms with Gasteiger partial charge in [0.05, 0.1) is 20.8 Å². The summed E-state index contributed by atoms with van der Waals surface area (Å²) < 4.78 is 10.5. The van der Waals surface area contributed by atoms with E-state index in [1.807, 2.05) is 6.07 Å². The van der Waals surface area contributed by atoms with Crippen LogP contribution in [0.1, 0.15) is 38.2 Å². The minimum atomic E-state index is 0.796. The van der Waals surface area contributed by atoms with Gasteiger partial charge in [0.2, 0.25) is 0 Å². The first-order chi connectivity index (χ1) is 8.81. The van der Waals surface area contributed by atoms with Crippen LogP contribution in [0, 0.1) is 0 Å². The molecule has 102 valence electrons. The third-order valence-electron chi connectivity index (χ3n) is 3.09. The molecular formula is C15H26NO2+. The van der Waals surface area contributed by atoms with E-state index >= 15 is 0 Å². The Hall–Kier alpha value is -1.22. The van der Waals surface area contributed by atoms with Gasteiger partial charge in [0.25, 0.3) is 0 Å². The van der Waals surface area contributed by atoms with E-state index in [1.165, 1.54) is 37.8 Å². The summed E-state index contributed by atoms with van der Waals surface area (Å²) in [6.45, 7) is 4.45. The van der Waals surface area contributed by atoms with Crippen LogP contribution >= 0.6 is 0 Å². The molecule has 0 radical (unpaired) electrons. The van der Waals surface area contributed by atoms with Gasteiger partial charge in [-0.2, -0.15) is 0 Å². The number of hydrogen-bond donors (Lipinski definition) is 1. The van der Waals surface area contributed by atoms with Crippen molar-refractivity contribution in [2.45, 2.75) is 39.2 Å². The molecule has 0 aliphatic carbocycles. The van der Waals surface area contributed by atoms with Gasteiger partial charge in [-0.05, 0) is 31.0 Å². The number of unbranched alkanes of at least 4 members (excludes halogenated alkanes) is 3. The highest BCUT2D eigenvalue weighted by Gasteiger charge is 2.05. The SMILES string of the molecule is CCCCCC[NH2+]Cc1ccc(OC)c(OC)c1. The molecule has 0 aromatic heterocycles. The monoisotopic (exact) mass is 252 g/mol. The Morgan fingerprint density at radius 2 is 1.78 bits per heavy atom. The Labute approximate surface area is 110 Å². The van der Waals surface area contributed by atoms with Gasteiger partial charge >= 0.3 is 0 Å². The average Bonchev–Trinajstić information content (AvgIpc) is 2.42. The van der Waals surface area contributed by atoms with Gasteiger partial charge in [-0.1, -0.05) is 19.8 Å². The Balaban J connectivity index is 2.34. The molecule has 1 rings (SSSR count). The maximum Gasteiger partial charge on any atom is 0.161 e. The van der Waals surface area contributed by atoms with Crippen LogP contribution in [0.3, 0.4) is 0 Å². The lowest BCUT2D eigenvalue weighted by molar-refractivity contribution is -0.671. The van der Waals surface area contributed by atoms with E-state index in [0.717, 1.165) is 18.0 Å². The Bertz CT molecular complexity index is 339. The molecule has 3 heteroatoms. The number of benzene rings is 1. The molecule has 0 aliphatic rings. The summed E-state index contributed by atoms with van der Waals surface area (Å²) in [5.74, 6) is 1.61. The Morgan fingerprint density at radius 3 is 2.44 bits per heavy atom. The number of rotatable bonds is 9. The summed E-state index contributed by atoms with van der Waals surface area (Å²) in [6, 6.07) is 6.13. The second kappa shape index (κ2) is 8.81. The molecule has 0 spiro atoms. The number of quaternary nitrogens is 1. The standard InChI is InChI=1S/C15H25NO2/c1-4-5-6-7-10-16-12-13-8-9-14(17-2)15(11-13)18-3/h8-9,11,16H,4-7,10,12H2,1-3H3/p+1. The summed E-state index contributed by atoms with van der Waals surface area (Å²) in [6.07, 6.45) is 5.31. The first-order valence-electron chi connectivity index (χ1n) is 6.84. The molecule has 1 aromatic carbocycles. The zero-order valence-corrected chi connectivity index (χ0v) is 11.9. The molecule has 1 aromatic rings. The second-order valence-electron chi connectivity index (χ2n) is 4.53. The van der Waals surface area contributed by atoms with Crippen molar-refractivity contribution in [1.82, 2.24) is 0 Å². The molecule has 0 heterocycles. The lowest BCUT2D eigenvalue weighted by atomic mass is 10.2. The molecule has 0 bridgehead atoms. The third-order valence-corrected chi connectivity index (χ3v) is 3.09. The van der Waals surface area contributed by atoms with Crippen LogP contribution < -0.4 is 14.8 Å². The normalized spacial score (nSPS) is 10.4. The maximum absolute atomic E-state index is 5.30. The number of ether oxygens (including phenoxy) is 2. The zero-order valence-electron chi connectivity index (χ0n) is 11.9. The topological polar surface area (TPSA) is 35.1 Å². The van der Waals surface area contributed by atoms with Crippen LogP contribution in [0.25, 0.3) is 0 Å². The fourth-order valence-electron chi connectivity index (χ4n) is 1.99. The Morgan fingerprint density at radius 1 is 1.00 bits per heavy atom. The van der Waals surface area contributed by atoms with E-state index in [1.54, 1.807) is 14.2 Å². The van der Waals surface area contributed by atoms with Gasteiger partial charge < -0.3 is 14.8 Å². The van der Waals surface area contributed by atoms with Crippen LogP contribution in [0.15, 0.2) is 18.2 Å². The van der Waals surface area contributed by atoms with Gasteiger partial charge in [0, 0.05) is 5.56 Å². The van der Waals surface area contributed by atoms with Gasteiger partial charge in [-0.15, -0.1) is 0 Å². The van der Waals surface area contributed by atoms with Crippen LogP contribution in [0.4, 0.5) is 0 Å². The summed E-state index contributed by atoms with van der Waals surface area (Å²) in [7, 11) is 3.34. The molecule has 3 nitrogen and oxygen atoms in total. The summed E-state index contributed by atoms with van der Waals surface area (Å²) >= 11 is 0. The molecule has 2 N–H and O–H groups in total. The first kappa shape index (κ1) is 14.8. The highest BCUT2D eigenvalue weighted by atomic mass is 16.5. The fraction of sp³-hybridized carbons (Fsp3) is 0.600. The van der Waals surface area contributed by atoms with Gasteiger partial charge in [0.1, 0.15) is 6.54 Å². The van der Waals surface area contributed by atoms with Crippen LogP contribution in [-0.4, -0.2) is 20.8 Å². The van der Waals surface area contributed by atoms with Crippen molar-refractivity contribution in [2.75, 3.05) is 20.8 Å². The number of nitrogens with two attached hydrogens (primary N) is 1. The maximum atomic E-state index is 5.30. The third kappa shape index (κ3) is 4.96. The first-order valence-corrected chi connectivity index (χ1v) is 6.84. The molecule has 0 amide bonds. The lowest BCUT2D eigenvalue weighted by Gasteiger charge is -2.09. The lowest BCUT2D eigenvalue weighted by Crippen LogP contribution is -2.82. The molecule has 0 saturated heterocycles. The van der Waals surface area contributed by atoms with E-state index in [0.29, 0.717) is 0 Å². The van der Waals surface area contributed by atoms with E-state index in [4.69, 9.17) is 9.47 Å². The molecular weight excluding hydrogens is 226 g/mol. The van der Waals surface area contributed by atoms with Crippen molar-refractivity contribution in [1.29, 1.82) is 0 Å². The summed E-state index contributed by atoms with van der Waals surface area (Å²) in [5, 5.41) is 2.36.